The molecular weight excluding hydrogens is 417 g/mol. The average Bonchev–Trinajstić information content (AvgIpc) is 2.75. The van der Waals surface area contributed by atoms with Crippen LogP contribution in [0.3, 0.4) is 0 Å². The summed E-state index contributed by atoms with van der Waals surface area (Å²) in [6.45, 7) is 3.09. The first-order chi connectivity index (χ1) is 14.7. The highest BCUT2D eigenvalue weighted by atomic mass is 19.3. The number of nitrogens with zero attached hydrogens (tertiary/aromatic N) is 3. The van der Waals surface area contributed by atoms with Crippen LogP contribution in [0.15, 0.2) is 37.2 Å². The molecule has 31 heavy (non-hydrogen) atoms. The van der Waals surface area contributed by atoms with E-state index in [1.165, 1.54) is 11.2 Å². The maximum atomic E-state index is 14.8. The first kappa shape index (κ1) is 22.9. The van der Waals surface area contributed by atoms with Gasteiger partial charge in [-0.3, -0.25) is 4.90 Å². The average molecular weight is 441 g/mol. The molecule has 0 saturated carbocycles. The van der Waals surface area contributed by atoms with Crippen LogP contribution in [0, 0.1) is 0 Å². The van der Waals surface area contributed by atoms with Crippen LogP contribution in [-0.4, -0.2) is 53.8 Å². The molecule has 0 amide bonds. The summed E-state index contributed by atoms with van der Waals surface area (Å²) < 4.78 is 69.3. The molecule has 3 rings (SSSR count). The Morgan fingerprint density at radius 2 is 1.90 bits per heavy atom. The van der Waals surface area contributed by atoms with E-state index in [2.05, 4.69) is 27.2 Å². The molecule has 0 aliphatic carbocycles. The second-order valence-electron chi connectivity index (χ2n) is 7.36. The van der Waals surface area contributed by atoms with Gasteiger partial charge in [0.25, 0.3) is 12.3 Å². The lowest BCUT2D eigenvalue weighted by Gasteiger charge is -2.37. The number of piperidine rings is 1. The fourth-order valence-electron chi connectivity index (χ4n) is 3.60. The summed E-state index contributed by atoms with van der Waals surface area (Å²) in [6.07, 6.45) is -0.949. The molecule has 1 aromatic carbocycles. The Labute approximate surface area is 177 Å². The van der Waals surface area contributed by atoms with Gasteiger partial charge >= 0.3 is 0 Å². The molecule has 0 spiro atoms. The topological polar surface area (TPSA) is 53.1 Å². The largest absolute Gasteiger partial charge is 0.372 e. The molecule has 5 nitrogen and oxygen atoms in total. The van der Waals surface area contributed by atoms with Crippen molar-refractivity contribution < 1.29 is 22.0 Å². The van der Waals surface area contributed by atoms with Crippen molar-refractivity contribution in [2.75, 3.05) is 37.3 Å². The molecular formula is C21H24F5N5. The van der Waals surface area contributed by atoms with Gasteiger partial charge in [0.15, 0.2) is 0 Å². The molecule has 2 heterocycles. The van der Waals surface area contributed by atoms with Gasteiger partial charge in [0.05, 0.1) is 18.2 Å². The fourth-order valence-corrected chi connectivity index (χ4v) is 3.60. The van der Waals surface area contributed by atoms with E-state index in [1.54, 1.807) is 13.1 Å². The lowest BCUT2D eigenvalue weighted by Crippen LogP contribution is -2.50. The van der Waals surface area contributed by atoms with Gasteiger partial charge in [-0.25, -0.2) is 23.1 Å². The third-order valence-electron chi connectivity index (χ3n) is 5.28. The lowest BCUT2D eigenvalue weighted by molar-refractivity contribution is -0.0491. The van der Waals surface area contributed by atoms with E-state index in [-0.39, 0.29) is 30.6 Å². The Morgan fingerprint density at radius 1 is 1.23 bits per heavy atom. The van der Waals surface area contributed by atoms with Gasteiger partial charge in [0, 0.05) is 31.3 Å². The number of hydrogen-bond acceptors (Lipinski definition) is 5. The Kier molecular flexibility index (Phi) is 7.09. The second kappa shape index (κ2) is 9.59. The van der Waals surface area contributed by atoms with E-state index < -0.39 is 31.1 Å². The standard InChI is InChI=1S/C21H24F5N5/c1-3-15-19(27-2)28-12-29-20(15)30-17-8-9-31(10-16(17)22)11-21(25,26)14-6-4-13(5-7-14)18(23)24/h3-7,12,16-18H,1,8-11H2,2H3,(H2,27,28,29,30)/t16-,17-/m0/s1. The number of nitrogens with one attached hydrogen (secondary N) is 2. The van der Waals surface area contributed by atoms with E-state index in [0.717, 1.165) is 24.3 Å². The quantitative estimate of drug-likeness (QED) is 0.581. The van der Waals surface area contributed by atoms with Crippen molar-refractivity contribution in [3.63, 3.8) is 0 Å². The van der Waals surface area contributed by atoms with Crippen LogP contribution in [0.1, 0.15) is 29.5 Å². The third kappa shape index (κ3) is 5.30. The molecule has 0 unspecified atom stereocenters. The number of hydrogen-bond donors (Lipinski definition) is 2. The summed E-state index contributed by atoms with van der Waals surface area (Å²) in [4.78, 5) is 9.56. The van der Waals surface area contributed by atoms with Crippen molar-refractivity contribution in [2.24, 2.45) is 0 Å². The molecule has 1 aliphatic rings. The van der Waals surface area contributed by atoms with Gasteiger partial charge in [-0.1, -0.05) is 36.9 Å². The van der Waals surface area contributed by atoms with Crippen molar-refractivity contribution >= 4 is 17.7 Å². The Balaban J connectivity index is 1.63. The summed E-state index contributed by atoms with van der Waals surface area (Å²) >= 11 is 0. The number of halogens is 5. The SMILES string of the molecule is C=Cc1c(NC)ncnc1N[C@H]1CCN(CC(F)(F)c2ccc(C(F)F)cc2)C[C@@H]1F. The number of rotatable bonds is 8. The number of benzene rings is 1. The molecule has 2 aromatic rings. The Bertz CT molecular complexity index is 890. The molecule has 1 fully saturated rings. The van der Waals surface area contributed by atoms with E-state index in [1.807, 2.05) is 0 Å². The summed E-state index contributed by atoms with van der Waals surface area (Å²) in [5.74, 6) is -2.33. The normalized spacial score (nSPS) is 20.0. The minimum Gasteiger partial charge on any atom is -0.372 e. The number of alkyl halides is 5. The highest BCUT2D eigenvalue weighted by molar-refractivity contribution is 5.72. The first-order valence-corrected chi connectivity index (χ1v) is 9.79. The zero-order chi connectivity index (χ0) is 22.6. The van der Waals surface area contributed by atoms with Gasteiger partial charge in [0.1, 0.15) is 24.1 Å². The zero-order valence-electron chi connectivity index (χ0n) is 17.0. The molecule has 0 bridgehead atoms. The molecule has 10 heteroatoms. The highest BCUT2D eigenvalue weighted by Gasteiger charge is 2.38. The van der Waals surface area contributed by atoms with Gasteiger partial charge in [-0.05, 0) is 6.42 Å². The van der Waals surface area contributed by atoms with Crippen LogP contribution < -0.4 is 10.6 Å². The van der Waals surface area contributed by atoms with Crippen LogP contribution in [0.2, 0.25) is 0 Å². The van der Waals surface area contributed by atoms with Gasteiger partial charge in [0.2, 0.25) is 0 Å². The van der Waals surface area contributed by atoms with E-state index in [4.69, 9.17) is 0 Å². The molecule has 1 aliphatic heterocycles. The molecule has 1 saturated heterocycles. The first-order valence-electron chi connectivity index (χ1n) is 9.79. The number of likely N-dealkylation sites (tertiary alicyclic amines) is 1. The molecule has 0 radical (unpaired) electrons. The molecule has 168 valence electrons. The van der Waals surface area contributed by atoms with Crippen molar-refractivity contribution in [3.05, 3.63) is 53.9 Å². The maximum Gasteiger partial charge on any atom is 0.285 e. The van der Waals surface area contributed by atoms with Crippen LogP contribution >= 0.6 is 0 Å². The minimum atomic E-state index is -3.29. The van der Waals surface area contributed by atoms with Crippen molar-refractivity contribution in [1.29, 1.82) is 0 Å². The smallest absolute Gasteiger partial charge is 0.285 e. The van der Waals surface area contributed by atoms with E-state index in [0.29, 0.717) is 17.2 Å². The molecule has 2 N–H and O–H groups in total. The lowest BCUT2D eigenvalue weighted by atomic mass is 10.0. The summed E-state index contributed by atoms with van der Waals surface area (Å²) in [7, 11) is 1.69. The third-order valence-corrected chi connectivity index (χ3v) is 5.28. The van der Waals surface area contributed by atoms with E-state index in [9.17, 15) is 22.0 Å². The summed E-state index contributed by atoms with van der Waals surface area (Å²) in [5.41, 5.74) is -0.0949. The predicted octanol–water partition coefficient (Wildman–Crippen LogP) is 4.72. The minimum absolute atomic E-state index is 0.185. The maximum absolute atomic E-state index is 14.8. The Hall–Kier alpha value is -2.75. The predicted molar refractivity (Wildman–Crippen MR) is 110 cm³/mol. The zero-order valence-corrected chi connectivity index (χ0v) is 17.0. The van der Waals surface area contributed by atoms with Gasteiger partial charge in [-0.2, -0.15) is 8.78 Å². The summed E-state index contributed by atoms with van der Waals surface area (Å²) in [5, 5.41) is 5.94. The van der Waals surface area contributed by atoms with Crippen LogP contribution in [-0.2, 0) is 5.92 Å². The van der Waals surface area contributed by atoms with Crippen molar-refractivity contribution in [3.8, 4) is 0 Å². The van der Waals surface area contributed by atoms with Crippen LogP contribution in [0.4, 0.5) is 33.6 Å². The van der Waals surface area contributed by atoms with Crippen LogP contribution in [0.25, 0.3) is 6.08 Å². The monoisotopic (exact) mass is 441 g/mol. The number of aromatic nitrogens is 2. The van der Waals surface area contributed by atoms with Crippen molar-refractivity contribution in [1.82, 2.24) is 14.9 Å². The van der Waals surface area contributed by atoms with Crippen molar-refractivity contribution in [2.45, 2.75) is 31.0 Å². The van der Waals surface area contributed by atoms with Gasteiger partial charge < -0.3 is 10.6 Å². The summed E-state index contributed by atoms with van der Waals surface area (Å²) in [6, 6.07) is 3.36. The number of anilines is 2. The van der Waals surface area contributed by atoms with E-state index >= 15 is 0 Å². The fraction of sp³-hybridized carbons (Fsp3) is 0.429. The molecule has 2 atom stereocenters. The van der Waals surface area contributed by atoms with Crippen LogP contribution in [0.5, 0.6) is 0 Å². The Morgan fingerprint density at radius 3 is 2.48 bits per heavy atom. The highest BCUT2D eigenvalue weighted by Crippen LogP contribution is 2.32. The second-order valence-corrected chi connectivity index (χ2v) is 7.36. The molecule has 1 aromatic heterocycles. The van der Waals surface area contributed by atoms with Gasteiger partial charge in [-0.15, -0.1) is 0 Å².